The number of nitrogens with zero attached hydrogens (tertiary/aromatic N) is 5. The molecule has 1 saturated heterocycles. The number of fused-ring (bicyclic) bond motifs is 1. The van der Waals surface area contributed by atoms with Crippen molar-refractivity contribution in [3.8, 4) is 17.1 Å². The fourth-order valence-electron chi connectivity index (χ4n) is 4.41. The van der Waals surface area contributed by atoms with E-state index >= 15 is 0 Å². The van der Waals surface area contributed by atoms with Crippen molar-refractivity contribution in [1.29, 1.82) is 0 Å². The number of H-pyrrole nitrogens is 1. The Morgan fingerprint density at radius 3 is 2.91 bits per heavy atom. The van der Waals surface area contributed by atoms with Gasteiger partial charge in [-0.25, -0.2) is 15.0 Å². The molecule has 1 aromatic carbocycles. The minimum Gasteiger partial charge on any atom is -0.480 e. The summed E-state index contributed by atoms with van der Waals surface area (Å²) in [5, 5.41) is 1.02. The van der Waals surface area contributed by atoms with Gasteiger partial charge >= 0.3 is 0 Å². The van der Waals surface area contributed by atoms with Gasteiger partial charge in [-0.15, -0.1) is 0 Å². The van der Waals surface area contributed by atoms with E-state index in [1.807, 2.05) is 35.2 Å². The lowest BCUT2D eigenvalue weighted by molar-refractivity contribution is -0.131. The van der Waals surface area contributed by atoms with E-state index in [9.17, 15) is 4.79 Å². The Morgan fingerprint density at radius 2 is 2.12 bits per heavy atom. The maximum atomic E-state index is 12.5. The standard InChI is InChI=1S/C24H26N6O3/c1-16(31)30-11-10-29(15-22-25-8-12-33-22)9-7-21(30)23-26-14-20(27-23)18-13-17-5-3-4-6-19(17)28-24(18)32-2/h3-6,8,12-14,21H,7,9-11,15H2,1-2H3,(H,26,27). The average molecular weight is 447 g/mol. The largest absolute Gasteiger partial charge is 0.480 e. The molecule has 33 heavy (non-hydrogen) atoms. The summed E-state index contributed by atoms with van der Waals surface area (Å²) in [6.45, 7) is 4.38. The second kappa shape index (κ2) is 9.03. The van der Waals surface area contributed by atoms with E-state index in [0.717, 1.165) is 47.5 Å². The summed E-state index contributed by atoms with van der Waals surface area (Å²) < 4.78 is 11.0. The predicted octanol–water partition coefficient (Wildman–Crippen LogP) is 3.42. The van der Waals surface area contributed by atoms with E-state index in [-0.39, 0.29) is 11.9 Å². The Hall–Kier alpha value is -3.72. The quantitative estimate of drug-likeness (QED) is 0.501. The molecule has 4 heterocycles. The molecule has 0 radical (unpaired) electrons. The van der Waals surface area contributed by atoms with Crippen LogP contribution in [0, 0.1) is 0 Å². The first kappa shape index (κ1) is 21.1. The first-order valence-electron chi connectivity index (χ1n) is 11.0. The monoisotopic (exact) mass is 446 g/mol. The summed E-state index contributed by atoms with van der Waals surface area (Å²) in [6, 6.07) is 9.82. The average Bonchev–Trinajstić information content (AvgIpc) is 3.47. The van der Waals surface area contributed by atoms with E-state index in [2.05, 4.69) is 24.8 Å². The van der Waals surface area contributed by atoms with Crippen LogP contribution in [-0.4, -0.2) is 62.4 Å². The van der Waals surface area contributed by atoms with Crippen molar-refractivity contribution in [1.82, 2.24) is 29.7 Å². The Labute approximate surface area is 191 Å². The number of ether oxygens (including phenoxy) is 1. The molecule has 1 N–H and O–H groups in total. The number of pyridine rings is 1. The van der Waals surface area contributed by atoms with Crippen LogP contribution in [0.15, 0.2) is 53.4 Å². The Kier molecular flexibility index (Phi) is 5.78. The highest BCUT2D eigenvalue weighted by Crippen LogP contribution is 2.33. The molecule has 9 heteroatoms. The fraction of sp³-hybridized carbons (Fsp3) is 0.333. The highest BCUT2D eigenvalue weighted by atomic mass is 16.5. The van der Waals surface area contributed by atoms with E-state index in [1.54, 1.807) is 32.7 Å². The number of aromatic amines is 1. The van der Waals surface area contributed by atoms with E-state index in [1.165, 1.54) is 0 Å². The van der Waals surface area contributed by atoms with Crippen LogP contribution in [0.1, 0.15) is 31.1 Å². The summed E-state index contributed by atoms with van der Waals surface area (Å²) in [6.07, 6.45) is 5.77. The van der Waals surface area contributed by atoms with Crippen LogP contribution in [0.25, 0.3) is 22.2 Å². The number of para-hydroxylation sites is 1. The third-order valence-electron chi connectivity index (χ3n) is 6.08. The van der Waals surface area contributed by atoms with Gasteiger partial charge in [0.25, 0.3) is 0 Å². The van der Waals surface area contributed by atoms with Crippen molar-refractivity contribution < 1.29 is 13.9 Å². The SMILES string of the molecule is COc1nc2ccccc2cc1-c1cnc(C2CCN(Cc3ncco3)CCN2C(C)=O)[nH]1. The summed E-state index contributed by atoms with van der Waals surface area (Å²) in [5.41, 5.74) is 2.52. The summed E-state index contributed by atoms with van der Waals surface area (Å²) >= 11 is 0. The van der Waals surface area contributed by atoms with Gasteiger partial charge in [0.15, 0.2) is 0 Å². The Balaban J connectivity index is 1.43. The summed E-state index contributed by atoms with van der Waals surface area (Å²) in [7, 11) is 1.61. The van der Waals surface area contributed by atoms with Crippen LogP contribution in [0.2, 0.25) is 0 Å². The number of carbonyl (C=O) groups excluding carboxylic acids is 1. The number of nitrogens with one attached hydrogen (secondary N) is 1. The zero-order valence-corrected chi connectivity index (χ0v) is 18.7. The van der Waals surface area contributed by atoms with Gasteiger partial charge in [0.1, 0.15) is 12.1 Å². The highest BCUT2D eigenvalue weighted by Gasteiger charge is 2.30. The lowest BCUT2D eigenvalue weighted by atomic mass is 10.1. The van der Waals surface area contributed by atoms with Crippen molar-refractivity contribution in [2.24, 2.45) is 0 Å². The molecular weight excluding hydrogens is 420 g/mol. The second-order valence-electron chi connectivity index (χ2n) is 8.14. The number of imidazole rings is 1. The normalized spacial score (nSPS) is 17.3. The van der Waals surface area contributed by atoms with Gasteiger partial charge in [-0.1, -0.05) is 18.2 Å². The predicted molar refractivity (Wildman–Crippen MR) is 122 cm³/mol. The van der Waals surface area contributed by atoms with Gasteiger partial charge in [-0.3, -0.25) is 9.69 Å². The van der Waals surface area contributed by atoms with Gasteiger partial charge in [-0.2, -0.15) is 0 Å². The molecule has 9 nitrogen and oxygen atoms in total. The van der Waals surface area contributed by atoms with E-state index in [0.29, 0.717) is 24.9 Å². The second-order valence-corrected chi connectivity index (χ2v) is 8.14. The van der Waals surface area contributed by atoms with Crippen LogP contribution < -0.4 is 4.74 Å². The van der Waals surface area contributed by atoms with Crippen LogP contribution in [0.5, 0.6) is 5.88 Å². The van der Waals surface area contributed by atoms with Gasteiger partial charge in [0.2, 0.25) is 17.7 Å². The molecule has 1 atom stereocenters. The molecule has 0 spiro atoms. The van der Waals surface area contributed by atoms with E-state index in [4.69, 9.17) is 9.15 Å². The smallest absolute Gasteiger partial charge is 0.223 e. The van der Waals surface area contributed by atoms with Gasteiger partial charge in [0, 0.05) is 31.9 Å². The number of methoxy groups -OCH3 is 1. The lowest BCUT2D eigenvalue weighted by Crippen LogP contribution is -2.35. The first-order valence-corrected chi connectivity index (χ1v) is 11.0. The zero-order chi connectivity index (χ0) is 22.8. The number of aromatic nitrogens is 4. The number of hydrogen-bond acceptors (Lipinski definition) is 7. The zero-order valence-electron chi connectivity index (χ0n) is 18.7. The number of rotatable bonds is 5. The minimum absolute atomic E-state index is 0.0286. The number of oxazole rings is 1. The van der Waals surface area contributed by atoms with Crippen molar-refractivity contribution in [3.63, 3.8) is 0 Å². The van der Waals surface area contributed by atoms with Crippen LogP contribution in [0.3, 0.4) is 0 Å². The molecule has 1 amide bonds. The van der Waals surface area contributed by atoms with Crippen LogP contribution >= 0.6 is 0 Å². The molecule has 5 rings (SSSR count). The van der Waals surface area contributed by atoms with Crippen molar-refractivity contribution in [3.05, 3.63) is 60.7 Å². The number of amides is 1. The molecule has 0 bridgehead atoms. The molecule has 0 saturated carbocycles. The molecule has 1 fully saturated rings. The molecule has 1 aliphatic heterocycles. The summed E-state index contributed by atoms with van der Waals surface area (Å²) in [4.78, 5) is 33.6. The van der Waals surface area contributed by atoms with Crippen molar-refractivity contribution in [2.45, 2.75) is 25.9 Å². The number of carbonyl (C=O) groups is 1. The van der Waals surface area contributed by atoms with Gasteiger partial charge < -0.3 is 19.0 Å². The highest BCUT2D eigenvalue weighted by molar-refractivity contribution is 5.85. The maximum absolute atomic E-state index is 12.5. The number of hydrogen-bond donors (Lipinski definition) is 1. The first-order chi connectivity index (χ1) is 16.1. The maximum Gasteiger partial charge on any atom is 0.223 e. The fourth-order valence-corrected chi connectivity index (χ4v) is 4.41. The van der Waals surface area contributed by atoms with Gasteiger partial charge in [0.05, 0.1) is 48.9 Å². The summed E-state index contributed by atoms with van der Waals surface area (Å²) in [5.74, 6) is 2.00. The molecular formula is C24H26N6O3. The minimum atomic E-state index is -0.148. The molecule has 1 aliphatic rings. The molecule has 4 aromatic rings. The van der Waals surface area contributed by atoms with Crippen molar-refractivity contribution in [2.75, 3.05) is 26.7 Å². The number of benzene rings is 1. The lowest BCUT2D eigenvalue weighted by Gasteiger charge is -2.27. The third-order valence-corrected chi connectivity index (χ3v) is 6.08. The Morgan fingerprint density at radius 1 is 1.24 bits per heavy atom. The topological polar surface area (TPSA) is 100 Å². The van der Waals surface area contributed by atoms with E-state index < -0.39 is 0 Å². The molecule has 0 aliphatic carbocycles. The van der Waals surface area contributed by atoms with Gasteiger partial charge in [-0.05, 0) is 18.6 Å². The van der Waals surface area contributed by atoms with Crippen LogP contribution in [0.4, 0.5) is 0 Å². The molecule has 170 valence electrons. The van der Waals surface area contributed by atoms with Crippen LogP contribution in [-0.2, 0) is 11.3 Å². The van der Waals surface area contributed by atoms with Crippen molar-refractivity contribution >= 4 is 16.8 Å². The Bertz CT molecular complexity index is 1250. The third kappa shape index (κ3) is 4.31. The molecule has 3 aromatic heterocycles. The molecule has 1 unspecified atom stereocenters.